The number of unbranched alkanes of at least 4 members (excludes halogenated alkanes) is 2. The van der Waals surface area contributed by atoms with Gasteiger partial charge in [-0.3, -0.25) is 0 Å². The maximum absolute atomic E-state index is 5.74. The van der Waals surface area contributed by atoms with Gasteiger partial charge in [-0.1, -0.05) is 26.0 Å². The minimum atomic E-state index is 0.583. The molecular weight excluding hydrogens is 238 g/mol. The van der Waals surface area contributed by atoms with Crippen LogP contribution >= 0.6 is 0 Å². The summed E-state index contributed by atoms with van der Waals surface area (Å²) in [5.74, 6) is 0.940. The monoisotopic (exact) mass is 265 g/mol. The first-order chi connectivity index (χ1) is 9.22. The van der Waals surface area contributed by atoms with E-state index in [2.05, 4.69) is 19.2 Å². The van der Waals surface area contributed by atoms with Gasteiger partial charge in [-0.2, -0.15) is 0 Å². The Hall–Kier alpha value is -1.06. The molecule has 0 unspecified atom stereocenters. The van der Waals surface area contributed by atoms with Gasteiger partial charge < -0.3 is 14.8 Å². The number of nitrogens with one attached hydrogen (secondary N) is 1. The van der Waals surface area contributed by atoms with E-state index in [1.165, 1.54) is 12.8 Å². The van der Waals surface area contributed by atoms with Crippen LogP contribution in [0, 0.1) is 0 Å². The number of hydrogen-bond acceptors (Lipinski definition) is 3. The lowest BCUT2D eigenvalue weighted by Gasteiger charge is -2.09. The van der Waals surface area contributed by atoms with E-state index in [0.717, 1.165) is 30.9 Å². The molecule has 0 radical (unpaired) electrons. The van der Waals surface area contributed by atoms with Gasteiger partial charge in [-0.15, -0.1) is 0 Å². The SMILES string of the molecule is COCc1cccc(OCCCCCNC(C)C)c1. The van der Waals surface area contributed by atoms with Crippen LogP contribution in [0.2, 0.25) is 0 Å². The van der Waals surface area contributed by atoms with Crippen molar-refractivity contribution in [2.75, 3.05) is 20.3 Å². The molecule has 0 atom stereocenters. The Bertz CT molecular complexity index is 339. The Morgan fingerprint density at radius 2 is 2.00 bits per heavy atom. The average molecular weight is 265 g/mol. The zero-order valence-electron chi connectivity index (χ0n) is 12.4. The number of hydrogen-bond donors (Lipinski definition) is 1. The van der Waals surface area contributed by atoms with Crippen molar-refractivity contribution in [2.45, 2.75) is 45.8 Å². The molecule has 0 bridgehead atoms. The first-order valence-electron chi connectivity index (χ1n) is 7.16. The molecule has 0 saturated carbocycles. The summed E-state index contributed by atoms with van der Waals surface area (Å²) in [6, 6.07) is 8.69. The number of benzene rings is 1. The molecule has 0 aliphatic rings. The van der Waals surface area contributed by atoms with Crippen molar-refractivity contribution in [1.82, 2.24) is 5.32 Å². The van der Waals surface area contributed by atoms with Gasteiger partial charge in [0, 0.05) is 13.2 Å². The average Bonchev–Trinajstić information content (AvgIpc) is 2.38. The first-order valence-corrected chi connectivity index (χ1v) is 7.16. The van der Waals surface area contributed by atoms with Crippen LogP contribution in [-0.4, -0.2) is 26.3 Å². The van der Waals surface area contributed by atoms with Crippen LogP contribution in [0.15, 0.2) is 24.3 Å². The Balaban J connectivity index is 2.10. The highest BCUT2D eigenvalue weighted by Crippen LogP contribution is 2.14. The highest BCUT2D eigenvalue weighted by Gasteiger charge is 1.97. The molecule has 0 aromatic heterocycles. The summed E-state index contributed by atoms with van der Waals surface area (Å²) >= 11 is 0. The van der Waals surface area contributed by atoms with E-state index in [1.807, 2.05) is 24.3 Å². The summed E-state index contributed by atoms with van der Waals surface area (Å²) in [7, 11) is 1.71. The van der Waals surface area contributed by atoms with Gasteiger partial charge in [0.05, 0.1) is 13.2 Å². The predicted molar refractivity (Wildman–Crippen MR) is 79.6 cm³/mol. The second-order valence-electron chi connectivity index (χ2n) is 5.10. The minimum absolute atomic E-state index is 0.583. The Morgan fingerprint density at radius 1 is 1.16 bits per heavy atom. The summed E-state index contributed by atoms with van der Waals surface area (Å²) in [6.45, 7) is 6.88. The molecule has 0 aliphatic heterocycles. The molecule has 0 amide bonds. The lowest BCUT2D eigenvalue weighted by atomic mass is 10.2. The standard InChI is InChI=1S/C16H27NO2/c1-14(2)17-10-5-4-6-11-19-16-9-7-8-15(12-16)13-18-3/h7-9,12,14,17H,4-6,10-11,13H2,1-3H3. The second kappa shape index (κ2) is 9.82. The van der Waals surface area contributed by atoms with E-state index >= 15 is 0 Å². The van der Waals surface area contributed by atoms with Crippen molar-refractivity contribution >= 4 is 0 Å². The van der Waals surface area contributed by atoms with Gasteiger partial charge in [0.15, 0.2) is 0 Å². The summed E-state index contributed by atoms with van der Waals surface area (Å²) in [6.07, 6.45) is 3.52. The van der Waals surface area contributed by atoms with Crippen LogP contribution in [0.5, 0.6) is 5.75 Å². The van der Waals surface area contributed by atoms with Crippen LogP contribution in [-0.2, 0) is 11.3 Å². The van der Waals surface area contributed by atoms with Gasteiger partial charge in [0.25, 0.3) is 0 Å². The largest absolute Gasteiger partial charge is 0.494 e. The Morgan fingerprint density at radius 3 is 2.74 bits per heavy atom. The molecule has 3 nitrogen and oxygen atoms in total. The zero-order valence-corrected chi connectivity index (χ0v) is 12.4. The van der Waals surface area contributed by atoms with Crippen molar-refractivity contribution in [3.8, 4) is 5.75 Å². The maximum atomic E-state index is 5.74. The molecule has 19 heavy (non-hydrogen) atoms. The van der Waals surface area contributed by atoms with Gasteiger partial charge in [0.2, 0.25) is 0 Å². The molecule has 0 saturated heterocycles. The van der Waals surface area contributed by atoms with Gasteiger partial charge in [-0.05, 0) is 43.5 Å². The van der Waals surface area contributed by atoms with Crippen LogP contribution < -0.4 is 10.1 Å². The normalized spacial score (nSPS) is 10.9. The van der Waals surface area contributed by atoms with Gasteiger partial charge >= 0.3 is 0 Å². The molecular formula is C16H27NO2. The fourth-order valence-corrected chi connectivity index (χ4v) is 1.88. The minimum Gasteiger partial charge on any atom is -0.494 e. The van der Waals surface area contributed by atoms with Gasteiger partial charge in [-0.25, -0.2) is 0 Å². The predicted octanol–water partition coefficient (Wildman–Crippen LogP) is 3.38. The third kappa shape index (κ3) is 7.85. The van der Waals surface area contributed by atoms with E-state index in [-0.39, 0.29) is 0 Å². The van der Waals surface area contributed by atoms with Crippen molar-refractivity contribution in [3.05, 3.63) is 29.8 Å². The van der Waals surface area contributed by atoms with E-state index in [1.54, 1.807) is 7.11 Å². The Kier molecular flexibility index (Phi) is 8.26. The molecule has 0 aliphatic carbocycles. The molecule has 1 rings (SSSR count). The van der Waals surface area contributed by atoms with E-state index in [9.17, 15) is 0 Å². The number of ether oxygens (including phenoxy) is 2. The molecule has 3 heteroatoms. The Labute approximate surface area is 117 Å². The third-order valence-electron chi connectivity index (χ3n) is 2.85. The van der Waals surface area contributed by atoms with Crippen LogP contribution in [0.1, 0.15) is 38.7 Å². The number of methoxy groups -OCH3 is 1. The highest BCUT2D eigenvalue weighted by atomic mass is 16.5. The molecule has 1 N–H and O–H groups in total. The fraction of sp³-hybridized carbons (Fsp3) is 0.625. The molecule has 1 aromatic rings. The smallest absolute Gasteiger partial charge is 0.119 e. The number of rotatable bonds is 10. The topological polar surface area (TPSA) is 30.5 Å². The van der Waals surface area contributed by atoms with E-state index in [4.69, 9.17) is 9.47 Å². The molecule has 0 fully saturated rings. The van der Waals surface area contributed by atoms with Gasteiger partial charge in [0.1, 0.15) is 5.75 Å². The van der Waals surface area contributed by atoms with E-state index < -0.39 is 0 Å². The van der Waals surface area contributed by atoms with Crippen LogP contribution in [0.4, 0.5) is 0 Å². The molecule has 1 aromatic carbocycles. The quantitative estimate of drug-likeness (QED) is 0.658. The summed E-state index contributed by atoms with van der Waals surface area (Å²) in [5, 5.41) is 3.42. The summed E-state index contributed by atoms with van der Waals surface area (Å²) in [4.78, 5) is 0. The van der Waals surface area contributed by atoms with Crippen molar-refractivity contribution < 1.29 is 9.47 Å². The first kappa shape index (κ1) is 16.0. The van der Waals surface area contributed by atoms with Crippen LogP contribution in [0.25, 0.3) is 0 Å². The fourth-order valence-electron chi connectivity index (χ4n) is 1.88. The van der Waals surface area contributed by atoms with Crippen molar-refractivity contribution in [1.29, 1.82) is 0 Å². The molecule has 0 heterocycles. The molecule has 108 valence electrons. The van der Waals surface area contributed by atoms with E-state index in [0.29, 0.717) is 12.6 Å². The lowest BCUT2D eigenvalue weighted by molar-refractivity contribution is 0.184. The highest BCUT2D eigenvalue weighted by molar-refractivity contribution is 5.28. The summed E-state index contributed by atoms with van der Waals surface area (Å²) < 4.78 is 10.9. The second-order valence-corrected chi connectivity index (χ2v) is 5.10. The zero-order chi connectivity index (χ0) is 13.9. The van der Waals surface area contributed by atoms with Crippen molar-refractivity contribution in [3.63, 3.8) is 0 Å². The maximum Gasteiger partial charge on any atom is 0.119 e. The molecule has 0 spiro atoms. The summed E-state index contributed by atoms with van der Waals surface area (Å²) in [5.41, 5.74) is 1.15. The van der Waals surface area contributed by atoms with Crippen LogP contribution in [0.3, 0.4) is 0 Å². The lowest BCUT2D eigenvalue weighted by Crippen LogP contribution is -2.23. The third-order valence-corrected chi connectivity index (χ3v) is 2.85. The van der Waals surface area contributed by atoms with Crippen molar-refractivity contribution in [2.24, 2.45) is 0 Å².